The fourth-order valence-corrected chi connectivity index (χ4v) is 2.53. The molecule has 1 aromatic rings. The van der Waals surface area contributed by atoms with Crippen LogP contribution in [0.25, 0.3) is 0 Å². The van der Waals surface area contributed by atoms with E-state index in [1.165, 1.54) is 24.8 Å². The van der Waals surface area contributed by atoms with Crippen molar-refractivity contribution in [3.63, 3.8) is 0 Å². The first-order chi connectivity index (χ1) is 9.20. The fourth-order valence-electron chi connectivity index (χ4n) is 2.53. The lowest BCUT2D eigenvalue weighted by Gasteiger charge is -2.21. The van der Waals surface area contributed by atoms with Crippen LogP contribution in [0.2, 0.25) is 0 Å². The molecule has 4 nitrogen and oxygen atoms in total. The van der Waals surface area contributed by atoms with E-state index >= 15 is 0 Å². The first-order valence-corrected chi connectivity index (χ1v) is 7.49. The van der Waals surface area contributed by atoms with Crippen LogP contribution < -0.4 is 10.2 Å². The van der Waals surface area contributed by atoms with E-state index in [4.69, 9.17) is 4.98 Å². The number of hydrogen-bond acceptors (Lipinski definition) is 4. The van der Waals surface area contributed by atoms with E-state index in [-0.39, 0.29) is 0 Å². The van der Waals surface area contributed by atoms with Gasteiger partial charge in [-0.2, -0.15) is 0 Å². The van der Waals surface area contributed by atoms with E-state index < -0.39 is 0 Å². The van der Waals surface area contributed by atoms with Gasteiger partial charge in [0, 0.05) is 37.1 Å². The summed E-state index contributed by atoms with van der Waals surface area (Å²) in [5.74, 6) is 1.74. The highest BCUT2D eigenvalue weighted by molar-refractivity contribution is 5.33. The second kappa shape index (κ2) is 6.85. The molecule has 1 aliphatic heterocycles. The van der Waals surface area contributed by atoms with Crippen LogP contribution in [0.1, 0.15) is 44.4 Å². The third-order valence-corrected chi connectivity index (χ3v) is 3.93. The van der Waals surface area contributed by atoms with Gasteiger partial charge in [0.2, 0.25) is 5.95 Å². The zero-order valence-corrected chi connectivity index (χ0v) is 12.4. The molecular formula is C15H26N4. The molecule has 0 saturated carbocycles. The Labute approximate surface area is 116 Å². The Balaban J connectivity index is 2.06. The van der Waals surface area contributed by atoms with Crippen molar-refractivity contribution >= 4 is 5.95 Å². The maximum absolute atomic E-state index is 4.69. The van der Waals surface area contributed by atoms with Crippen molar-refractivity contribution in [1.29, 1.82) is 0 Å². The van der Waals surface area contributed by atoms with E-state index in [0.717, 1.165) is 43.7 Å². The molecule has 0 radical (unpaired) electrons. The van der Waals surface area contributed by atoms with Gasteiger partial charge >= 0.3 is 0 Å². The lowest BCUT2D eigenvalue weighted by atomic mass is 10.0. The Morgan fingerprint density at radius 2 is 2.21 bits per heavy atom. The summed E-state index contributed by atoms with van der Waals surface area (Å²) in [5.41, 5.74) is 2.30. The molecule has 2 rings (SSSR count). The first kappa shape index (κ1) is 14.3. The second-order valence-corrected chi connectivity index (χ2v) is 5.58. The SMILES string of the molecule is CCNCc1cnc(N2CCCC(C)CC2)nc1C. The van der Waals surface area contributed by atoms with E-state index in [1.54, 1.807) is 0 Å². The Morgan fingerprint density at radius 3 is 2.95 bits per heavy atom. The zero-order valence-electron chi connectivity index (χ0n) is 12.4. The number of nitrogens with zero attached hydrogens (tertiary/aromatic N) is 3. The summed E-state index contributed by atoms with van der Waals surface area (Å²) in [7, 11) is 0. The number of aromatic nitrogens is 2. The van der Waals surface area contributed by atoms with Gasteiger partial charge in [-0.1, -0.05) is 13.8 Å². The van der Waals surface area contributed by atoms with Crippen molar-refractivity contribution in [3.8, 4) is 0 Å². The van der Waals surface area contributed by atoms with E-state index in [0.29, 0.717) is 0 Å². The highest BCUT2D eigenvalue weighted by atomic mass is 15.2. The Kier molecular flexibility index (Phi) is 5.14. The number of nitrogens with one attached hydrogen (secondary N) is 1. The zero-order chi connectivity index (χ0) is 13.7. The maximum Gasteiger partial charge on any atom is 0.225 e. The minimum absolute atomic E-state index is 0.833. The van der Waals surface area contributed by atoms with Crippen LogP contribution in [0.5, 0.6) is 0 Å². The summed E-state index contributed by atoms with van der Waals surface area (Å²) in [5, 5.41) is 3.33. The molecule has 0 amide bonds. The van der Waals surface area contributed by atoms with Crippen LogP contribution in [0.4, 0.5) is 5.95 Å². The van der Waals surface area contributed by atoms with Gasteiger partial charge in [0.15, 0.2) is 0 Å². The predicted octanol–water partition coefficient (Wildman–Crippen LogP) is 2.52. The third-order valence-electron chi connectivity index (χ3n) is 3.93. The third kappa shape index (κ3) is 3.90. The Bertz CT molecular complexity index is 405. The normalized spacial score (nSPS) is 20.4. The van der Waals surface area contributed by atoms with Gasteiger partial charge in [0.05, 0.1) is 0 Å². The van der Waals surface area contributed by atoms with Gasteiger partial charge in [-0.25, -0.2) is 9.97 Å². The van der Waals surface area contributed by atoms with Crippen molar-refractivity contribution in [3.05, 3.63) is 17.5 Å². The molecule has 1 atom stereocenters. The lowest BCUT2D eigenvalue weighted by Crippen LogP contribution is -2.27. The maximum atomic E-state index is 4.69. The minimum Gasteiger partial charge on any atom is -0.341 e. The molecule has 106 valence electrons. The molecule has 0 spiro atoms. The molecule has 1 aromatic heterocycles. The molecular weight excluding hydrogens is 236 g/mol. The fraction of sp³-hybridized carbons (Fsp3) is 0.733. The van der Waals surface area contributed by atoms with Gasteiger partial charge in [-0.15, -0.1) is 0 Å². The first-order valence-electron chi connectivity index (χ1n) is 7.49. The van der Waals surface area contributed by atoms with Crippen LogP contribution in [0.15, 0.2) is 6.20 Å². The molecule has 1 aliphatic rings. The van der Waals surface area contributed by atoms with Crippen molar-refractivity contribution in [1.82, 2.24) is 15.3 Å². The Hall–Kier alpha value is -1.16. The number of anilines is 1. The van der Waals surface area contributed by atoms with Crippen molar-refractivity contribution < 1.29 is 0 Å². The predicted molar refractivity (Wildman–Crippen MR) is 79.4 cm³/mol. The van der Waals surface area contributed by atoms with Crippen LogP contribution in [0, 0.1) is 12.8 Å². The number of rotatable bonds is 4. The summed E-state index contributed by atoms with van der Waals surface area (Å²) in [6, 6.07) is 0. The lowest BCUT2D eigenvalue weighted by molar-refractivity contribution is 0.521. The monoisotopic (exact) mass is 262 g/mol. The average molecular weight is 262 g/mol. The largest absolute Gasteiger partial charge is 0.341 e. The van der Waals surface area contributed by atoms with E-state index in [9.17, 15) is 0 Å². The molecule has 0 bridgehead atoms. The van der Waals surface area contributed by atoms with Gasteiger partial charge in [0.25, 0.3) is 0 Å². The molecule has 1 saturated heterocycles. The molecule has 2 heterocycles. The van der Waals surface area contributed by atoms with Crippen molar-refractivity contribution in [2.75, 3.05) is 24.5 Å². The van der Waals surface area contributed by atoms with Gasteiger partial charge < -0.3 is 10.2 Å². The van der Waals surface area contributed by atoms with Gasteiger partial charge in [-0.05, 0) is 38.6 Å². The summed E-state index contributed by atoms with van der Waals surface area (Å²) in [6.45, 7) is 10.6. The standard InChI is InChI=1S/C15H26N4/c1-4-16-10-14-11-17-15(18-13(14)3)19-8-5-6-12(2)7-9-19/h11-12,16H,4-10H2,1-3H3. The quantitative estimate of drug-likeness (QED) is 0.905. The van der Waals surface area contributed by atoms with Gasteiger partial charge in [-0.3, -0.25) is 0 Å². The van der Waals surface area contributed by atoms with E-state index in [2.05, 4.69) is 36.0 Å². The summed E-state index contributed by atoms with van der Waals surface area (Å²) in [6.07, 6.45) is 5.81. The Morgan fingerprint density at radius 1 is 1.37 bits per heavy atom. The molecule has 4 heteroatoms. The second-order valence-electron chi connectivity index (χ2n) is 5.58. The van der Waals surface area contributed by atoms with Crippen molar-refractivity contribution in [2.45, 2.75) is 46.6 Å². The van der Waals surface area contributed by atoms with Crippen molar-refractivity contribution in [2.24, 2.45) is 5.92 Å². The highest BCUT2D eigenvalue weighted by Gasteiger charge is 2.16. The summed E-state index contributed by atoms with van der Waals surface area (Å²) in [4.78, 5) is 11.6. The molecule has 1 N–H and O–H groups in total. The van der Waals surface area contributed by atoms with Gasteiger partial charge in [0.1, 0.15) is 0 Å². The highest BCUT2D eigenvalue weighted by Crippen LogP contribution is 2.20. The van der Waals surface area contributed by atoms with Crippen LogP contribution in [-0.2, 0) is 6.54 Å². The average Bonchev–Trinajstić information content (AvgIpc) is 2.62. The summed E-state index contributed by atoms with van der Waals surface area (Å²) >= 11 is 0. The van der Waals surface area contributed by atoms with Crippen LogP contribution in [-0.4, -0.2) is 29.6 Å². The molecule has 19 heavy (non-hydrogen) atoms. The number of aryl methyl sites for hydroxylation is 1. The molecule has 0 aromatic carbocycles. The smallest absolute Gasteiger partial charge is 0.225 e. The van der Waals surface area contributed by atoms with Crippen LogP contribution >= 0.6 is 0 Å². The van der Waals surface area contributed by atoms with Crippen LogP contribution in [0.3, 0.4) is 0 Å². The van der Waals surface area contributed by atoms with E-state index in [1.807, 2.05) is 6.20 Å². The topological polar surface area (TPSA) is 41.1 Å². The minimum atomic E-state index is 0.833. The molecule has 0 aliphatic carbocycles. The molecule has 1 fully saturated rings. The number of hydrogen-bond donors (Lipinski definition) is 1. The summed E-state index contributed by atoms with van der Waals surface area (Å²) < 4.78 is 0. The molecule has 1 unspecified atom stereocenters.